The molecule has 2 atom stereocenters. The number of rotatable bonds is 7. The second-order valence-electron chi connectivity index (χ2n) is 2.99. The van der Waals surface area contributed by atoms with Crippen LogP contribution in [0.4, 0.5) is 0 Å². The number of aliphatic hydroxyl groups is 2. The van der Waals surface area contributed by atoms with E-state index in [1.165, 1.54) is 0 Å². The zero-order chi connectivity index (χ0) is 9.40. The predicted molar refractivity (Wildman–Crippen MR) is 48.0 cm³/mol. The molecule has 2 unspecified atom stereocenters. The largest absolute Gasteiger partial charge is 0.393 e. The number of ether oxygens (including phenoxy) is 1. The fourth-order valence-corrected chi connectivity index (χ4v) is 0.761. The van der Waals surface area contributed by atoms with E-state index in [1.54, 1.807) is 0 Å². The second kappa shape index (κ2) is 7.53. The van der Waals surface area contributed by atoms with Crippen molar-refractivity contribution in [1.82, 2.24) is 0 Å². The van der Waals surface area contributed by atoms with Gasteiger partial charge in [0, 0.05) is 6.61 Å². The van der Waals surface area contributed by atoms with E-state index in [9.17, 15) is 0 Å². The fourth-order valence-electron chi connectivity index (χ4n) is 0.761. The Balaban J connectivity index is 3.10. The molecule has 0 bridgehead atoms. The van der Waals surface area contributed by atoms with Crippen molar-refractivity contribution in [2.45, 2.75) is 45.3 Å². The molecule has 0 fully saturated rings. The smallest absolute Gasteiger partial charge is 0.0771 e. The van der Waals surface area contributed by atoms with Crippen LogP contribution in [-0.4, -0.2) is 35.6 Å². The molecule has 2 N–H and O–H groups in total. The van der Waals surface area contributed by atoms with Crippen molar-refractivity contribution in [3.8, 4) is 0 Å². The third-order valence-electron chi connectivity index (χ3n) is 1.85. The van der Waals surface area contributed by atoms with Gasteiger partial charge in [0.2, 0.25) is 0 Å². The van der Waals surface area contributed by atoms with Gasteiger partial charge in [-0.3, -0.25) is 0 Å². The van der Waals surface area contributed by atoms with Crippen molar-refractivity contribution < 1.29 is 14.9 Å². The molecule has 0 rings (SSSR count). The molecule has 0 aliphatic carbocycles. The van der Waals surface area contributed by atoms with Gasteiger partial charge in [0.1, 0.15) is 0 Å². The highest BCUT2D eigenvalue weighted by atomic mass is 16.5. The first-order valence-corrected chi connectivity index (χ1v) is 4.64. The van der Waals surface area contributed by atoms with Crippen LogP contribution in [0.5, 0.6) is 0 Å². The lowest BCUT2D eigenvalue weighted by atomic mass is 10.2. The maximum absolute atomic E-state index is 9.14. The van der Waals surface area contributed by atoms with Gasteiger partial charge < -0.3 is 14.9 Å². The van der Waals surface area contributed by atoms with Crippen LogP contribution in [0.25, 0.3) is 0 Å². The molecular weight excluding hydrogens is 156 g/mol. The van der Waals surface area contributed by atoms with Crippen molar-refractivity contribution in [2.24, 2.45) is 0 Å². The first-order chi connectivity index (χ1) is 5.70. The zero-order valence-electron chi connectivity index (χ0n) is 7.99. The van der Waals surface area contributed by atoms with Gasteiger partial charge in [0.15, 0.2) is 0 Å². The maximum Gasteiger partial charge on any atom is 0.0771 e. The van der Waals surface area contributed by atoms with Crippen LogP contribution < -0.4 is 0 Å². The molecule has 0 aliphatic heterocycles. The van der Waals surface area contributed by atoms with E-state index in [1.807, 2.05) is 13.8 Å². The Morgan fingerprint density at radius 2 is 1.67 bits per heavy atom. The van der Waals surface area contributed by atoms with Gasteiger partial charge in [-0.15, -0.1) is 0 Å². The standard InChI is InChI=1S/C9H20O3/c1-3-8(10)5-6-12-7-9(11)4-2/h8-11H,3-7H2,1-2H3. The Labute approximate surface area is 74.4 Å². The quantitative estimate of drug-likeness (QED) is 0.567. The van der Waals surface area contributed by atoms with Crippen LogP contribution in [0.3, 0.4) is 0 Å². The molecule has 0 heterocycles. The van der Waals surface area contributed by atoms with E-state index in [2.05, 4.69) is 0 Å². The molecule has 3 nitrogen and oxygen atoms in total. The Morgan fingerprint density at radius 1 is 1.08 bits per heavy atom. The van der Waals surface area contributed by atoms with Gasteiger partial charge >= 0.3 is 0 Å². The lowest BCUT2D eigenvalue weighted by molar-refractivity contribution is 0.0194. The summed E-state index contributed by atoms with van der Waals surface area (Å²) >= 11 is 0. The molecule has 0 saturated heterocycles. The van der Waals surface area contributed by atoms with Crippen LogP contribution in [0.2, 0.25) is 0 Å². The van der Waals surface area contributed by atoms with Crippen LogP contribution in [0, 0.1) is 0 Å². The molecule has 74 valence electrons. The Bertz CT molecular complexity index is 83.8. The first kappa shape index (κ1) is 11.9. The van der Waals surface area contributed by atoms with E-state index in [0.29, 0.717) is 19.6 Å². The van der Waals surface area contributed by atoms with Crippen molar-refractivity contribution in [3.05, 3.63) is 0 Å². The Hall–Kier alpha value is -0.120. The number of aliphatic hydroxyl groups excluding tert-OH is 2. The Morgan fingerprint density at radius 3 is 2.17 bits per heavy atom. The summed E-state index contributed by atoms with van der Waals surface area (Å²) in [6.07, 6.45) is 1.52. The molecule has 0 aliphatic rings. The zero-order valence-corrected chi connectivity index (χ0v) is 7.99. The normalized spacial score (nSPS) is 16.0. The second-order valence-corrected chi connectivity index (χ2v) is 2.99. The third-order valence-corrected chi connectivity index (χ3v) is 1.85. The highest BCUT2D eigenvalue weighted by Gasteiger charge is 2.02. The fraction of sp³-hybridized carbons (Fsp3) is 1.00. The minimum atomic E-state index is -0.358. The third kappa shape index (κ3) is 6.58. The Kier molecular flexibility index (Phi) is 7.45. The molecule has 0 radical (unpaired) electrons. The molecule has 0 amide bonds. The van der Waals surface area contributed by atoms with Crippen LogP contribution in [-0.2, 0) is 4.74 Å². The minimum absolute atomic E-state index is 0.260. The van der Waals surface area contributed by atoms with Crippen molar-refractivity contribution in [2.75, 3.05) is 13.2 Å². The lowest BCUT2D eigenvalue weighted by Crippen LogP contribution is -2.16. The molecule has 12 heavy (non-hydrogen) atoms. The highest BCUT2D eigenvalue weighted by molar-refractivity contribution is 4.52. The van der Waals surface area contributed by atoms with E-state index in [-0.39, 0.29) is 12.2 Å². The van der Waals surface area contributed by atoms with Gasteiger partial charge in [-0.25, -0.2) is 0 Å². The van der Waals surface area contributed by atoms with E-state index < -0.39 is 0 Å². The molecule has 3 heteroatoms. The van der Waals surface area contributed by atoms with Crippen molar-refractivity contribution >= 4 is 0 Å². The lowest BCUT2D eigenvalue weighted by Gasteiger charge is -2.10. The van der Waals surface area contributed by atoms with Gasteiger partial charge in [-0.2, -0.15) is 0 Å². The number of hydrogen-bond donors (Lipinski definition) is 2. The summed E-state index contributed by atoms with van der Waals surface area (Å²) in [6, 6.07) is 0. The molecular formula is C9H20O3. The van der Waals surface area contributed by atoms with Crippen LogP contribution in [0.15, 0.2) is 0 Å². The summed E-state index contributed by atoms with van der Waals surface area (Å²) in [5.41, 5.74) is 0. The van der Waals surface area contributed by atoms with Crippen molar-refractivity contribution in [3.63, 3.8) is 0 Å². The molecule has 0 saturated carbocycles. The highest BCUT2D eigenvalue weighted by Crippen LogP contribution is 1.98. The van der Waals surface area contributed by atoms with Crippen molar-refractivity contribution in [1.29, 1.82) is 0 Å². The van der Waals surface area contributed by atoms with Gasteiger partial charge in [-0.1, -0.05) is 13.8 Å². The average Bonchev–Trinajstić information content (AvgIpc) is 2.11. The molecule has 0 aromatic rings. The summed E-state index contributed by atoms with van der Waals surface area (Å²) in [6.45, 7) is 4.76. The van der Waals surface area contributed by atoms with E-state index in [4.69, 9.17) is 14.9 Å². The van der Waals surface area contributed by atoms with Gasteiger partial charge in [0.25, 0.3) is 0 Å². The monoisotopic (exact) mass is 176 g/mol. The molecule has 0 spiro atoms. The van der Waals surface area contributed by atoms with Gasteiger partial charge in [0.05, 0.1) is 18.8 Å². The summed E-state index contributed by atoms with van der Waals surface area (Å²) in [5.74, 6) is 0. The summed E-state index contributed by atoms with van der Waals surface area (Å²) in [7, 11) is 0. The number of hydrogen-bond acceptors (Lipinski definition) is 3. The maximum atomic E-state index is 9.14. The summed E-state index contributed by atoms with van der Waals surface area (Å²) in [4.78, 5) is 0. The first-order valence-electron chi connectivity index (χ1n) is 4.64. The molecule has 0 aromatic heterocycles. The summed E-state index contributed by atoms with van der Waals surface area (Å²) < 4.78 is 5.15. The predicted octanol–water partition coefficient (Wildman–Crippen LogP) is 0.935. The van der Waals surface area contributed by atoms with Crippen LogP contribution in [0.1, 0.15) is 33.1 Å². The van der Waals surface area contributed by atoms with Gasteiger partial charge in [-0.05, 0) is 19.3 Å². The minimum Gasteiger partial charge on any atom is -0.393 e. The van der Waals surface area contributed by atoms with Crippen LogP contribution >= 0.6 is 0 Å². The topological polar surface area (TPSA) is 49.7 Å². The average molecular weight is 176 g/mol. The molecule has 0 aromatic carbocycles. The van der Waals surface area contributed by atoms with E-state index >= 15 is 0 Å². The summed E-state index contributed by atoms with van der Waals surface area (Å²) in [5, 5.41) is 18.2. The SMILES string of the molecule is CCC(O)CCOCC(O)CC. The van der Waals surface area contributed by atoms with E-state index in [0.717, 1.165) is 12.8 Å².